The molecule has 1 rings (SSSR count). The zero-order chi connectivity index (χ0) is 11.3. The van der Waals surface area contributed by atoms with Crippen molar-refractivity contribution in [2.45, 2.75) is 58.4 Å². The standard InChI is InChI=1S/C12H22BrNO/c1-3-12(7-4-5-8-12)11(15)14-10(2)6-9-13/h10H,3-9H2,1-2H3,(H,14,15). The molecule has 3 heteroatoms. The van der Waals surface area contributed by atoms with Crippen LogP contribution in [0, 0.1) is 5.41 Å². The van der Waals surface area contributed by atoms with E-state index in [1.54, 1.807) is 0 Å². The molecule has 2 nitrogen and oxygen atoms in total. The molecule has 0 heterocycles. The van der Waals surface area contributed by atoms with Gasteiger partial charge in [-0.2, -0.15) is 0 Å². The smallest absolute Gasteiger partial charge is 0.226 e. The van der Waals surface area contributed by atoms with Gasteiger partial charge in [0.15, 0.2) is 0 Å². The number of hydrogen-bond donors (Lipinski definition) is 1. The second kappa shape index (κ2) is 5.88. The fourth-order valence-corrected chi connectivity index (χ4v) is 3.09. The summed E-state index contributed by atoms with van der Waals surface area (Å²) < 4.78 is 0. The number of amides is 1. The van der Waals surface area contributed by atoms with Crippen LogP contribution in [0.4, 0.5) is 0 Å². The Balaban J connectivity index is 2.50. The third kappa shape index (κ3) is 3.20. The number of alkyl halides is 1. The molecule has 1 amide bonds. The van der Waals surface area contributed by atoms with Gasteiger partial charge in [-0.1, -0.05) is 35.7 Å². The summed E-state index contributed by atoms with van der Waals surface area (Å²) in [5.74, 6) is 0.288. The van der Waals surface area contributed by atoms with Crippen molar-refractivity contribution in [3.63, 3.8) is 0 Å². The summed E-state index contributed by atoms with van der Waals surface area (Å²) in [6.45, 7) is 4.22. The van der Waals surface area contributed by atoms with Gasteiger partial charge < -0.3 is 5.32 Å². The Morgan fingerprint density at radius 3 is 2.53 bits per heavy atom. The highest BCUT2D eigenvalue weighted by Crippen LogP contribution is 2.41. The third-order valence-electron chi connectivity index (χ3n) is 3.64. The first-order valence-electron chi connectivity index (χ1n) is 6.01. The van der Waals surface area contributed by atoms with Crippen molar-refractivity contribution in [1.82, 2.24) is 5.32 Å². The van der Waals surface area contributed by atoms with E-state index >= 15 is 0 Å². The minimum Gasteiger partial charge on any atom is -0.353 e. The fraction of sp³-hybridized carbons (Fsp3) is 0.917. The fourth-order valence-electron chi connectivity index (χ4n) is 2.41. The Hall–Kier alpha value is -0.0500. The summed E-state index contributed by atoms with van der Waals surface area (Å²) in [7, 11) is 0. The quantitative estimate of drug-likeness (QED) is 0.767. The molecule has 1 aliphatic rings. The Morgan fingerprint density at radius 2 is 2.07 bits per heavy atom. The van der Waals surface area contributed by atoms with Crippen LogP contribution < -0.4 is 5.32 Å². The lowest BCUT2D eigenvalue weighted by molar-refractivity contribution is -0.131. The normalized spacial score (nSPS) is 21.3. The van der Waals surface area contributed by atoms with Crippen LogP contribution in [0.1, 0.15) is 52.4 Å². The first-order valence-corrected chi connectivity index (χ1v) is 7.13. The number of halogens is 1. The topological polar surface area (TPSA) is 29.1 Å². The summed E-state index contributed by atoms with van der Waals surface area (Å²) in [6, 6.07) is 0.293. The zero-order valence-electron chi connectivity index (χ0n) is 9.81. The number of carbonyl (C=O) groups is 1. The van der Waals surface area contributed by atoms with E-state index < -0.39 is 0 Å². The maximum Gasteiger partial charge on any atom is 0.226 e. The van der Waals surface area contributed by atoms with Gasteiger partial charge in [-0.25, -0.2) is 0 Å². The maximum absolute atomic E-state index is 12.2. The molecule has 0 aromatic carbocycles. The van der Waals surface area contributed by atoms with Gasteiger partial charge in [-0.05, 0) is 32.6 Å². The van der Waals surface area contributed by atoms with Gasteiger partial charge in [-0.15, -0.1) is 0 Å². The molecular formula is C12H22BrNO. The molecule has 0 radical (unpaired) electrons. The summed E-state index contributed by atoms with van der Waals surface area (Å²) in [6.07, 6.45) is 6.58. The molecule has 0 aliphatic heterocycles. The summed E-state index contributed by atoms with van der Waals surface area (Å²) in [5.41, 5.74) is -0.0411. The summed E-state index contributed by atoms with van der Waals surface area (Å²) >= 11 is 3.40. The van der Waals surface area contributed by atoms with Crippen LogP contribution in [0.3, 0.4) is 0 Å². The van der Waals surface area contributed by atoms with Crippen molar-refractivity contribution in [1.29, 1.82) is 0 Å². The molecule has 1 N–H and O–H groups in total. The lowest BCUT2D eigenvalue weighted by Crippen LogP contribution is -2.43. The van der Waals surface area contributed by atoms with Crippen molar-refractivity contribution in [2.24, 2.45) is 5.41 Å². The van der Waals surface area contributed by atoms with Crippen LogP contribution in [0.5, 0.6) is 0 Å². The van der Waals surface area contributed by atoms with Crippen LogP contribution in [0.15, 0.2) is 0 Å². The van der Waals surface area contributed by atoms with Crippen molar-refractivity contribution < 1.29 is 4.79 Å². The molecule has 0 aromatic rings. The van der Waals surface area contributed by atoms with E-state index in [4.69, 9.17) is 0 Å². The lowest BCUT2D eigenvalue weighted by Gasteiger charge is -2.28. The molecule has 88 valence electrons. The van der Waals surface area contributed by atoms with E-state index in [1.165, 1.54) is 12.8 Å². The Kier molecular flexibility index (Phi) is 5.10. The highest BCUT2D eigenvalue weighted by molar-refractivity contribution is 9.09. The predicted octanol–water partition coefficient (Wildman–Crippen LogP) is 3.25. The van der Waals surface area contributed by atoms with Gasteiger partial charge in [0.2, 0.25) is 5.91 Å². The molecule has 0 saturated heterocycles. The van der Waals surface area contributed by atoms with E-state index in [0.29, 0.717) is 6.04 Å². The first-order chi connectivity index (χ1) is 7.14. The van der Waals surface area contributed by atoms with Gasteiger partial charge in [0.1, 0.15) is 0 Å². The van der Waals surface area contributed by atoms with Gasteiger partial charge >= 0.3 is 0 Å². The van der Waals surface area contributed by atoms with Crippen molar-refractivity contribution in [3.8, 4) is 0 Å². The minimum atomic E-state index is -0.0411. The van der Waals surface area contributed by atoms with Crippen LogP contribution in [0.2, 0.25) is 0 Å². The van der Waals surface area contributed by atoms with Crippen LogP contribution in [-0.2, 0) is 4.79 Å². The third-order valence-corrected chi connectivity index (χ3v) is 4.10. The monoisotopic (exact) mass is 275 g/mol. The van der Waals surface area contributed by atoms with Crippen molar-refractivity contribution in [2.75, 3.05) is 5.33 Å². The molecule has 1 aliphatic carbocycles. The van der Waals surface area contributed by atoms with E-state index in [1.807, 2.05) is 0 Å². The average Bonchev–Trinajstić information content (AvgIpc) is 2.67. The Labute approximate surface area is 101 Å². The van der Waals surface area contributed by atoms with Gasteiger partial charge in [0.05, 0.1) is 0 Å². The molecule has 1 saturated carbocycles. The van der Waals surface area contributed by atoms with Crippen LogP contribution >= 0.6 is 15.9 Å². The lowest BCUT2D eigenvalue weighted by atomic mass is 9.82. The van der Waals surface area contributed by atoms with E-state index in [0.717, 1.165) is 31.0 Å². The molecule has 1 fully saturated rings. The Bertz CT molecular complexity index is 212. The van der Waals surface area contributed by atoms with Gasteiger partial charge in [0, 0.05) is 16.8 Å². The molecule has 0 spiro atoms. The summed E-state index contributed by atoms with van der Waals surface area (Å²) in [5, 5.41) is 4.10. The van der Waals surface area contributed by atoms with E-state index in [9.17, 15) is 4.79 Å². The SMILES string of the molecule is CCC1(C(=O)NC(C)CCBr)CCCC1. The zero-order valence-corrected chi connectivity index (χ0v) is 11.4. The second-order valence-electron chi connectivity index (χ2n) is 4.69. The molecule has 1 atom stereocenters. The minimum absolute atomic E-state index is 0.0411. The molecule has 0 aromatic heterocycles. The highest BCUT2D eigenvalue weighted by atomic mass is 79.9. The van der Waals surface area contributed by atoms with E-state index in [-0.39, 0.29) is 11.3 Å². The first kappa shape index (κ1) is 13.0. The largest absolute Gasteiger partial charge is 0.353 e. The molecule has 15 heavy (non-hydrogen) atoms. The number of hydrogen-bond acceptors (Lipinski definition) is 1. The average molecular weight is 276 g/mol. The van der Waals surface area contributed by atoms with E-state index in [2.05, 4.69) is 35.1 Å². The highest BCUT2D eigenvalue weighted by Gasteiger charge is 2.39. The van der Waals surface area contributed by atoms with Crippen molar-refractivity contribution in [3.05, 3.63) is 0 Å². The number of carbonyl (C=O) groups excluding carboxylic acids is 1. The molecule has 0 bridgehead atoms. The van der Waals surface area contributed by atoms with Crippen LogP contribution in [-0.4, -0.2) is 17.3 Å². The maximum atomic E-state index is 12.2. The van der Waals surface area contributed by atoms with Crippen molar-refractivity contribution >= 4 is 21.8 Å². The van der Waals surface area contributed by atoms with Gasteiger partial charge in [-0.3, -0.25) is 4.79 Å². The van der Waals surface area contributed by atoms with Gasteiger partial charge in [0.25, 0.3) is 0 Å². The molecular weight excluding hydrogens is 254 g/mol. The number of nitrogens with one attached hydrogen (secondary N) is 1. The molecule has 1 unspecified atom stereocenters. The second-order valence-corrected chi connectivity index (χ2v) is 5.49. The summed E-state index contributed by atoms with van der Waals surface area (Å²) in [4.78, 5) is 12.2. The Morgan fingerprint density at radius 1 is 1.47 bits per heavy atom. The number of rotatable bonds is 5. The predicted molar refractivity (Wildman–Crippen MR) is 67.2 cm³/mol. The van der Waals surface area contributed by atoms with Crippen LogP contribution in [0.25, 0.3) is 0 Å².